The van der Waals surface area contributed by atoms with Crippen LogP contribution in [-0.2, 0) is 13.5 Å². The van der Waals surface area contributed by atoms with Crippen molar-refractivity contribution in [1.82, 2.24) is 25.0 Å². The topological polar surface area (TPSA) is 46.0 Å². The lowest BCUT2D eigenvalue weighted by atomic mass is 10.0. The van der Waals surface area contributed by atoms with Gasteiger partial charge in [-0.05, 0) is 45.3 Å². The van der Waals surface area contributed by atoms with E-state index in [-0.39, 0.29) is 0 Å². The summed E-state index contributed by atoms with van der Waals surface area (Å²) >= 11 is 0. The van der Waals surface area contributed by atoms with E-state index in [0.29, 0.717) is 6.04 Å². The highest BCUT2D eigenvalue weighted by atomic mass is 15.4. The number of aryl methyl sites for hydroxylation is 2. The molecular formula is C14H25N5. The summed E-state index contributed by atoms with van der Waals surface area (Å²) in [7, 11) is 2.04. The molecule has 5 nitrogen and oxygen atoms in total. The molecule has 3 rings (SSSR count). The molecule has 0 saturated carbocycles. The van der Waals surface area contributed by atoms with Crippen molar-refractivity contribution in [2.75, 3.05) is 19.6 Å². The standard InChI is InChI=1S/C14H25N5/c1-3-13-16-14(18(2)17-13)12-5-4-10-19(12)11-6-8-15-9-7-11/h11-12,15H,3-10H2,1-2H3. The zero-order chi connectivity index (χ0) is 13.2. The van der Waals surface area contributed by atoms with Crippen molar-refractivity contribution in [2.24, 2.45) is 7.05 Å². The van der Waals surface area contributed by atoms with Crippen molar-refractivity contribution < 1.29 is 0 Å². The Labute approximate surface area is 115 Å². The van der Waals surface area contributed by atoms with Crippen molar-refractivity contribution in [3.05, 3.63) is 11.6 Å². The molecule has 1 atom stereocenters. The molecule has 0 amide bonds. The Hall–Kier alpha value is -0.940. The van der Waals surface area contributed by atoms with Gasteiger partial charge in [0.1, 0.15) is 5.82 Å². The molecule has 2 saturated heterocycles. The molecule has 0 aromatic carbocycles. The summed E-state index contributed by atoms with van der Waals surface area (Å²) in [5.41, 5.74) is 0. The molecule has 2 fully saturated rings. The van der Waals surface area contributed by atoms with E-state index in [1.54, 1.807) is 0 Å². The normalized spacial score (nSPS) is 26.1. The Balaban J connectivity index is 1.79. The van der Waals surface area contributed by atoms with E-state index >= 15 is 0 Å². The maximum atomic E-state index is 4.75. The third-order valence-corrected chi connectivity index (χ3v) is 4.53. The van der Waals surface area contributed by atoms with Crippen LogP contribution in [0.1, 0.15) is 50.3 Å². The minimum absolute atomic E-state index is 0.487. The van der Waals surface area contributed by atoms with Crippen LogP contribution in [0.15, 0.2) is 0 Å². The Morgan fingerprint density at radius 2 is 2.05 bits per heavy atom. The summed E-state index contributed by atoms with van der Waals surface area (Å²) in [6.07, 6.45) is 6.00. The fourth-order valence-electron chi connectivity index (χ4n) is 3.53. The zero-order valence-electron chi connectivity index (χ0n) is 12.1. The van der Waals surface area contributed by atoms with Crippen LogP contribution >= 0.6 is 0 Å². The van der Waals surface area contributed by atoms with Crippen LogP contribution in [0, 0.1) is 0 Å². The molecular weight excluding hydrogens is 238 g/mol. The fourth-order valence-corrected chi connectivity index (χ4v) is 3.53. The van der Waals surface area contributed by atoms with Gasteiger partial charge in [0.2, 0.25) is 0 Å². The molecule has 2 aliphatic heterocycles. The highest BCUT2D eigenvalue weighted by molar-refractivity contribution is 5.03. The zero-order valence-corrected chi connectivity index (χ0v) is 12.1. The summed E-state index contributed by atoms with van der Waals surface area (Å²) in [5.74, 6) is 2.16. The smallest absolute Gasteiger partial charge is 0.150 e. The van der Waals surface area contributed by atoms with Gasteiger partial charge in [0, 0.05) is 19.5 Å². The molecule has 1 aromatic heterocycles. The van der Waals surface area contributed by atoms with E-state index in [0.717, 1.165) is 31.4 Å². The number of likely N-dealkylation sites (tertiary alicyclic amines) is 1. The Morgan fingerprint density at radius 3 is 2.74 bits per heavy atom. The molecule has 2 aliphatic rings. The third-order valence-electron chi connectivity index (χ3n) is 4.53. The lowest BCUT2D eigenvalue weighted by Crippen LogP contribution is -2.43. The summed E-state index contributed by atoms with van der Waals surface area (Å²) < 4.78 is 2.00. The van der Waals surface area contributed by atoms with Gasteiger partial charge >= 0.3 is 0 Å². The second kappa shape index (κ2) is 5.59. The van der Waals surface area contributed by atoms with E-state index in [9.17, 15) is 0 Å². The molecule has 0 spiro atoms. The average Bonchev–Trinajstić information content (AvgIpc) is 3.05. The van der Waals surface area contributed by atoms with Gasteiger partial charge < -0.3 is 5.32 Å². The second-order valence-corrected chi connectivity index (χ2v) is 5.74. The molecule has 0 bridgehead atoms. The van der Waals surface area contributed by atoms with E-state index in [1.807, 2.05) is 11.7 Å². The average molecular weight is 263 g/mol. The fraction of sp³-hybridized carbons (Fsp3) is 0.857. The van der Waals surface area contributed by atoms with E-state index in [4.69, 9.17) is 4.98 Å². The quantitative estimate of drug-likeness (QED) is 0.892. The summed E-state index contributed by atoms with van der Waals surface area (Å²) in [6.45, 7) is 5.67. The predicted octanol–water partition coefficient (Wildman–Crippen LogP) is 1.27. The third kappa shape index (κ3) is 2.54. The van der Waals surface area contributed by atoms with Crippen molar-refractivity contribution in [1.29, 1.82) is 0 Å². The van der Waals surface area contributed by atoms with Gasteiger partial charge in [-0.3, -0.25) is 9.58 Å². The molecule has 1 N–H and O–H groups in total. The first-order valence-corrected chi connectivity index (χ1v) is 7.66. The monoisotopic (exact) mass is 263 g/mol. The molecule has 0 radical (unpaired) electrons. The molecule has 3 heterocycles. The van der Waals surface area contributed by atoms with E-state index < -0.39 is 0 Å². The largest absolute Gasteiger partial charge is 0.317 e. The van der Waals surface area contributed by atoms with Crippen LogP contribution in [0.25, 0.3) is 0 Å². The summed E-state index contributed by atoms with van der Waals surface area (Å²) in [4.78, 5) is 7.43. The number of piperidine rings is 1. The van der Waals surface area contributed by atoms with Crippen LogP contribution < -0.4 is 5.32 Å². The maximum Gasteiger partial charge on any atom is 0.150 e. The molecule has 19 heavy (non-hydrogen) atoms. The first-order valence-electron chi connectivity index (χ1n) is 7.66. The van der Waals surface area contributed by atoms with Crippen LogP contribution in [0.2, 0.25) is 0 Å². The Kier molecular flexibility index (Phi) is 3.84. The molecule has 5 heteroatoms. The number of aromatic nitrogens is 3. The lowest BCUT2D eigenvalue weighted by Gasteiger charge is -2.35. The van der Waals surface area contributed by atoms with Gasteiger partial charge in [0.15, 0.2) is 5.82 Å². The number of nitrogens with one attached hydrogen (secondary N) is 1. The van der Waals surface area contributed by atoms with E-state index in [2.05, 4.69) is 22.2 Å². The molecule has 1 unspecified atom stereocenters. The number of rotatable bonds is 3. The minimum Gasteiger partial charge on any atom is -0.317 e. The summed E-state index contributed by atoms with van der Waals surface area (Å²) in [6, 6.07) is 1.22. The molecule has 106 valence electrons. The SMILES string of the molecule is CCc1nc(C2CCCN2C2CCNCC2)n(C)n1. The van der Waals surface area contributed by atoms with Crippen LogP contribution in [0.4, 0.5) is 0 Å². The van der Waals surface area contributed by atoms with Gasteiger partial charge in [-0.2, -0.15) is 5.10 Å². The number of hydrogen-bond donors (Lipinski definition) is 1. The van der Waals surface area contributed by atoms with Crippen molar-refractivity contribution >= 4 is 0 Å². The maximum absolute atomic E-state index is 4.75. The first kappa shape index (κ1) is 13.1. The van der Waals surface area contributed by atoms with Crippen LogP contribution in [-0.4, -0.2) is 45.3 Å². The lowest BCUT2D eigenvalue weighted by molar-refractivity contribution is 0.141. The highest BCUT2D eigenvalue weighted by Gasteiger charge is 2.34. The molecule has 0 aliphatic carbocycles. The highest BCUT2D eigenvalue weighted by Crippen LogP contribution is 2.34. The van der Waals surface area contributed by atoms with Gasteiger partial charge in [0.05, 0.1) is 6.04 Å². The predicted molar refractivity (Wildman–Crippen MR) is 75.0 cm³/mol. The van der Waals surface area contributed by atoms with Crippen LogP contribution in [0.5, 0.6) is 0 Å². The number of hydrogen-bond acceptors (Lipinski definition) is 4. The molecule has 1 aromatic rings. The van der Waals surface area contributed by atoms with E-state index in [1.165, 1.54) is 38.1 Å². The Morgan fingerprint density at radius 1 is 1.26 bits per heavy atom. The first-order chi connectivity index (χ1) is 9.29. The second-order valence-electron chi connectivity index (χ2n) is 5.74. The van der Waals surface area contributed by atoms with Crippen LogP contribution in [0.3, 0.4) is 0 Å². The van der Waals surface area contributed by atoms with Gasteiger partial charge in [-0.25, -0.2) is 4.98 Å². The van der Waals surface area contributed by atoms with Crippen molar-refractivity contribution in [3.63, 3.8) is 0 Å². The Bertz CT molecular complexity index is 421. The minimum atomic E-state index is 0.487. The van der Waals surface area contributed by atoms with Gasteiger partial charge in [0.25, 0.3) is 0 Å². The van der Waals surface area contributed by atoms with Crippen molar-refractivity contribution in [2.45, 2.75) is 51.1 Å². The number of nitrogens with zero attached hydrogens (tertiary/aromatic N) is 4. The van der Waals surface area contributed by atoms with Gasteiger partial charge in [-0.1, -0.05) is 6.92 Å². The van der Waals surface area contributed by atoms with Gasteiger partial charge in [-0.15, -0.1) is 0 Å². The van der Waals surface area contributed by atoms with Crippen molar-refractivity contribution in [3.8, 4) is 0 Å². The summed E-state index contributed by atoms with van der Waals surface area (Å²) in [5, 5.41) is 7.98.